The van der Waals surface area contributed by atoms with Crippen molar-refractivity contribution in [3.8, 4) is 0 Å². The van der Waals surface area contributed by atoms with E-state index in [-0.39, 0.29) is 11.6 Å². The summed E-state index contributed by atoms with van der Waals surface area (Å²) in [4.78, 5) is 12.1. The second-order valence-corrected chi connectivity index (χ2v) is 5.56. The third kappa shape index (κ3) is 3.69. The highest BCUT2D eigenvalue weighted by molar-refractivity contribution is 5.94. The fourth-order valence-corrected chi connectivity index (χ4v) is 2.83. The average molecular weight is 297 g/mol. The normalized spacial score (nSPS) is 21.9. The van der Waals surface area contributed by atoms with Crippen molar-refractivity contribution in [2.45, 2.75) is 45.1 Å². The lowest BCUT2D eigenvalue weighted by Crippen LogP contribution is -2.37. The van der Waals surface area contributed by atoms with Gasteiger partial charge in [-0.05, 0) is 43.7 Å². The summed E-state index contributed by atoms with van der Waals surface area (Å²) in [5, 5.41) is 2.85. The number of amides is 1. The maximum Gasteiger partial charge on any atom is 0.251 e. The number of benzene rings is 1. The lowest BCUT2D eigenvalue weighted by Gasteiger charge is -2.28. The second kappa shape index (κ2) is 6.85. The number of hydrogen-bond acceptors (Lipinski definition) is 3. The molecule has 0 heterocycles. The highest BCUT2D eigenvalue weighted by atomic mass is 19.1. The van der Waals surface area contributed by atoms with Crippen LogP contribution in [0, 0.1) is 17.6 Å². The zero-order valence-electron chi connectivity index (χ0n) is 12.1. The number of nitrogens with one attached hydrogen (secondary N) is 2. The number of nitrogen functional groups attached to an aromatic ring is 1. The van der Waals surface area contributed by atoms with Crippen LogP contribution in [0.25, 0.3) is 0 Å². The molecule has 1 aromatic carbocycles. The van der Waals surface area contributed by atoms with Crippen molar-refractivity contribution in [3.05, 3.63) is 29.3 Å². The monoisotopic (exact) mass is 297 g/mol. The van der Waals surface area contributed by atoms with Gasteiger partial charge in [0.1, 0.15) is 5.69 Å². The van der Waals surface area contributed by atoms with E-state index < -0.39 is 23.2 Å². The van der Waals surface area contributed by atoms with Crippen molar-refractivity contribution in [2.24, 2.45) is 11.8 Å². The minimum absolute atomic E-state index is 0.0263. The van der Waals surface area contributed by atoms with Gasteiger partial charge >= 0.3 is 0 Å². The molecular formula is C15H21F2N3O. The number of hydrogen-bond donors (Lipinski definition) is 3. The molecule has 1 saturated carbocycles. The Hall–Kier alpha value is -1.69. The van der Waals surface area contributed by atoms with Crippen LogP contribution in [-0.2, 0) is 0 Å². The van der Waals surface area contributed by atoms with Gasteiger partial charge < -0.3 is 10.7 Å². The molecule has 6 heteroatoms. The molecule has 0 aliphatic heterocycles. The second-order valence-electron chi connectivity index (χ2n) is 5.56. The Morgan fingerprint density at radius 3 is 2.29 bits per heavy atom. The van der Waals surface area contributed by atoms with Crippen LogP contribution in [0.5, 0.6) is 0 Å². The van der Waals surface area contributed by atoms with E-state index in [0.29, 0.717) is 0 Å². The molecule has 2 rings (SSSR count). The number of rotatable bonds is 4. The molecule has 1 aromatic rings. The molecule has 0 saturated heterocycles. The molecule has 4 nitrogen and oxygen atoms in total. The fraction of sp³-hybridized carbons (Fsp3) is 0.533. The van der Waals surface area contributed by atoms with Crippen LogP contribution in [0.4, 0.5) is 14.5 Å². The van der Waals surface area contributed by atoms with Gasteiger partial charge in [-0.3, -0.25) is 10.6 Å². The highest BCUT2D eigenvalue weighted by Gasteiger charge is 2.22. The third-order valence-corrected chi connectivity index (χ3v) is 4.21. The van der Waals surface area contributed by atoms with Crippen LogP contribution >= 0.6 is 0 Å². The van der Waals surface area contributed by atoms with Crippen molar-refractivity contribution in [1.82, 2.24) is 5.32 Å². The molecule has 0 radical (unpaired) electrons. The quantitative estimate of drug-likeness (QED) is 0.591. The van der Waals surface area contributed by atoms with Crippen molar-refractivity contribution in [1.29, 1.82) is 0 Å². The Morgan fingerprint density at radius 2 is 1.81 bits per heavy atom. The Morgan fingerprint density at radius 1 is 1.24 bits per heavy atom. The molecule has 116 valence electrons. The van der Waals surface area contributed by atoms with E-state index in [1.54, 1.807) is 0 Å². The summed E-state index contributed by atoms with van der Waals surface area (Å²) < 4.78 is 27.2. The van der Waals surface area contributed by atoms with E-state index in [1.165, 1.54) is 0 Å². The highest BCUT2D eigenvalue weighted by Crippen LogP contribution is 2.27. The van der Waals surface area contributed by atoms with Crippen molar-refractivity contribution in [3.63, 3.8) is 0 Å². The number of carbonyl (C=O) groups is 1. The van der Waals surface area contributed by atoms with Gasteiger partial charge in [-0.2, -0.15) is 0 Å². The first kappa shape index (κ1) is 15.7. The van der Waals surface area contributed by atoms with Crippen molar-refractivity contribution < 1.29 is 13.6 Å². The number of hydrazine groups is 1. The number of carbonyl (C=O) groups excluding carboxylic acids is 1. The first-order valence-electron chi connectivity index (χ1n) is 7.31. The summed E-state index contributed by atoms with van der Waals surface area (Å²) >= 11 is 0. The van der Waals surface area contributed by atoms with Gasteiger partial charge in [-0.15, -0.1) is 0 Å². The van der Waals surface area contributed by atoms with Gasteiger partial charge in [0, 0.05) is 11.6 Å². The first-order chi connectivity index (χ1) is 10.0. The molecule has 0 spiro atoms. The van der Waals surface area contributed by atoms with Gasteiger partial charge in [0.05, 0.1) is 0 Å². The Balaban J connectivity index is 2.01. The third-order valence-electron chi connectivity index (χ3n) is 4.21. The molecular weight excluding hydrogens is 276 g/mol. The number of nitrogens with two attached hydrogens (primary N) is 1. The standard InChI is InChI=1S/C15H21F2N3O/c1-2-9-3-5-11(6-4-9)19-15(21)10-7-12(16)14(20-18)13(17)8-10/h7-9,11,20H,2-6,18H2,1H3,(H,19,21). The topological polar surface area (TPSA) is 67.2 Å². The summed E-state index contributed by atoms with van der Waals surface area (Å²) in [6, 6.07) is 2.06. The van der Waals surface area contributed by atoms with E-state index in [0.717, 1.165) is 50.2 Å². The molecule has 21 heavy (non-hydrogen) atoms. The Kier molecular flexibility index (Phi) is 5.12. The summed E-state index contributed by atoms with van der Waals surface area (Å²) in [6.45, 7) is 2.17. The maximum atomic E-state index is 13.6. The van der Waals surface area contributed by atoms with E-state index in [1.807, 2.05) is 5.43 Å². The Labute approximate surface area is 123 Å². The average Bonchev–Trinajstić information content (AvgIpc) is 2.47. The van der Waals surface area contributed by atoms with E-state index in [2.05, 4.69) is 12.2 Å². The van der Waals surface area contributed by atoms with Crippen LogP contribution in [0.3, 0.4) is 0 Å². The van der Waals surface area contributed by atoms with Gasteiger partial charge in [0.2, 0.25) is 0 Å². The van der Waals surface area contributed by atoms with E-state index >= 15 is 0 Å². The largest absolute Gasteiger partial charge is 0.349 e. The van der Waals surface area contributed by atoms with Gasteiger partial charge in [0.25, 0.3) is 5.91 Å². The molecule has 0 aromatic heterocycles. The first-order valence-corrected chi connectivity index (χ1v) is 7.31. The molecule has 0 atom stereocenters. The SMILES string of the molecule is CCC1CCC(NC(=O)c2cc(F)c(NN)c(F)c2)CC1. The minimum atomic E-state index is -0.877. The zero-order valence-corrected chi connectivity index (χ0v) is 12.1. The molecule has 1 aliphatic rings. The van der Waals surface area contributed by atoms with Crippen molar-refractivity contribution >= 4 is 11.6 Å². The summed E-state index contributed by atoms with van der Waals surface area (Å²) in [5.41, 5.74) is 1.48. The molecule has 1 fully saturated rings. The van der Waals surface area contributed by atoms with Crippen LogP contribution in [0.15, 0.2) is 12.1 Å². The smallest absolute Gasteiger partial charge is 0.251 e. The molecule has 1 aliphatic carbocycles. The van der Waals surface area contributed by atoms with Gasteiger partial charge in [-0.1, -0.05) is 13.3 Å². The molecule has 0 unspecified atom stereocenters. The summed E-state index contributed by atoms with van der Waals surface area (Å²) in [6.07, 6.45) is 5.15. The summed E-state index contributed by atoms with van der Waals surface area (Å²) in [7, 11) is 0. The lowest BCUT2D eigenvalue weighted by molar-refractivity contribution is 0.0920. The van der Waals surface area contributed by atoms with Crippen LogP contribution in [-0.4, -0.2) is 11.9 Å². The minimum Gasteiger partial charge on any atom is -0.349 e. The predicted molar refractivity (Wildman–Crippen MR) is 77.7 cm³/mol. The van der Waals surface area contributed by atoms with Crippen LogP contribution in [0.2, 0.25) is 0 Å². The predicted octanol–water partition coefficient (Wildman–Crippen LogP) is 2.95. The zero-order chi connectivity index (χ0) is 15.4. The van der Waals surface area contributed by atoms with Crippen molar-refractivity contribution in [2.75, 3.05) is 5.43 Å². The number of halogens is 2. The van der Waals surface area contributed by atoms with Gasteiger partial charge in [0.15, 0.2) is 11.6 Å². The molecule has 0 bridgehead atoms. The van der Waals surface area contributed by atoms with Crippen LogP contribution < -0.4 is 16.6 Å². The van der Waals surface area contributed by atoms with Gasteiger partial charge in [-0.25, -0.2) is 8.78 Å². The Bertz CT molecular complexity index is 491. The van der Waals surface area contributed by atoms with E-state index in [9.17, 15) is 13.6 Å². The molecule has 1 amide bonds. The van der Waals surface area contributed by atoms with E-state index in [4.69, 9.17) is 5.84 Å². The molecule has 4 N–H and O–H groups in total. The number of anilines is 1. The summed E-state index contributed by atoms with van der Waals surface area (Å²) in [5.74, 6) is 3.54. The lowest BCUT2D eigenvalue weighted by atomic mass is 9.84. The maximum absolute atomic E-state index is 13.6. The van der Waals surface area contributed by atoms with Crippen LogP contribution in [0.1, 0.15) is 49.4 Å². The fourth-order valence-electron chi connectivity index (χ4n) is 2.83.